The van der Waals surface area contributed by atoms with E-state index in [1.165, 1.54) is 13.3 Å². The van der Waals surface area contributed by atoms with Crippen LogP contribution in [0.4, 0.5) is 10.5 Å². The third-order valence-electron chi connectivity index (χ3n) is 3.83. The number of amides is 2. The average Bonchev–Trinajstić information content (AvgIpc) is 2.67. The maximum atomic E-state index is 12.3. The summed E-state index contributed by atoms with van der Waals surface area (Å²) in [6.45, 7) is 5.18. The number of ether oxygens (including phenoxy) is 2. The van der Waals surface area contributed by atoms with Crippen molar-refractivity contribution in [1.29, 1.82) is 0 Å². The molecule has 0 aliphatic heterocycles. The van der Waals surface area contributed by atoms with Crippen molar-refractivity contribution in [1.82, 2.24) is 10.3 Å². The Morgan fingerprint density at radius 3 is 2.37 bits per heavy atom. The van der Waals surface area contributed by atoms with Crippen LogP contribution in [-0.4, -0.2) is 41.7 Å². The highest BCUT2D eigenvalue weighted by Gasteiger charge is 2.25. The molecule has 0 aliphatic carbocycles. The quantitative estimate of drug-likeness (QED) is 0.532. The van der Waals surface area contributed by atoms with Crippen LogP contribution >= 0.6 is 11.6 Å². The van der Waals surface area contributed by atoms with Gasteiger partial charge in [-0.25, -0.2) is 14.6 Å². The van der Waals surface area contributed by atoms with Gasteiger partial charge in [0.2, 0.25) is 0 Å². The molecule has 8 nitrogen and oxygen atoms in total. The molecule has 0 radical (unpaired) electrons. The van der Waals surface area contributed by atoms with Crippen molar-refractivity contribution in [3.63, 3.8) is 0 Å². The molecule has 1 heterocycles. The monoisotopic (exact) mass is 433 g/mol. The fraction of sp³-hybridized carbons (Fsp3) is 0.333. The molecule has 30 heavy (non-hydrogen) atoms. The minimum atomic E-state index is -0.917. The summed E-state index contributed by atoms with van der Waals surface area (Å²) in [5.41, 5.74) is 0.856. The summed E-state index contributed by atoms with van der Waals surface area (Å²) in [5.74, 6) is -0.982. The van der Waals surface area contributed by atoms with Crippen LogP contribution in [0.1, 0.15) is 36.7 Å². The molecule has 0 aliphatic rings. The number of nitrogens with one attached hydrogen (secondary N) is 2. The number of alkyl carbamates (subject to hydrolysis) is 1. The number of hydrogen-bond acceptors (Lipinski definition) is 6. The van der Waals surface area contributed by atoms with Crippen molar-refractivity contribution in [2.45, 2.75) is 38.8 Å². The molecule has 1 atom stereocenters. The highest BCUT2D eigenvalue weighted by atomic mass is 35.5. The molecule has 160 valence electrons. The van der Waals surface area contributed by atoms with Gasteiger partial charge in [-0.1, -0.05) is 23.7 Å². The predicted octanol–water partition coefficient (Wildman–Crippen LogP) is 3.60. The number of pyridine rings is 1. The first-order valence-corrected chi connectivity index (χ1v) is 9.55. The van der Waals surface area contributed by atoms with Crippen molar-refractivity contribution in [3.05, 3.63) is 58.9 Å². The molecule has 0 fully saturated rings. The molecule has 2 aromatic rings. The van der Waals surface area contributed by atoms with E-state index in [0.717, 1.165) is 5.56 Å². The zero-order valence-corrected chi connectivity index (χ0v) is 17.9. The Bertz CT molecular complexity index is 910. The van der Waals surface area contributed by atoms with Gasteiger partial charge >= 0.3 is 12.1 Å². The number of benzene rings is 1. The summed E-state index contributed by atoms with van der Waals surface area (Å²) in [5, 5.41) is 5.36. The third-order valence-corrected chi connectivity index (χ3v) is 4.13. The summed E-state index contributed by atoms with van der Waals surface area (Å²) in [6.07, 6.45) is 0.973. The number of methoxy groups -OCH3 is 1. The van der Waals surface area contributed by atoms with E-state index < -0.39 is 23.7 Å². The zero-order valence-electron chi connectivity index (χ0n) is 17.2. The van der Waals surface area contributed by atoms with E-state index in [1.807, 2.05) is 0 Å². The summed E-state index contributed by atoms with van der Waals surface area (Å²) in [6, 6.07) is 9.09. The van der Waals surface area contributed by atoms with Crippen LogP contribution < -0.4 is 10.6 Å². The van der Waals surface area contributed by atoms with Crippen LogP contribution in [0.15, 0.2) is 42.6 Å². The van der Waals surface area contributed by atoms with E-state index in [2.05, 4.69) is 15.6 Å². The van der Waals surface area contributed by atoms with Crippen LogP contribution in [0.3, 0.4) is 0 Å². The molecular weight excluding hydrogens is 410 g/mol. The van der Waals surface area contributed by atoms with Gasteiger partial charge in [0.1, 0.15) is 16.8 Å². The first-order valence-electron chi connectivity index (χ1n) is 9.17. The number of carbonyl (C=O) groups is 3. The van der Waals surface area contributed by atoms with E-state index in [9.17, 15) is 14.4 Å². The lowest BCUT2D eigenvalue weighted by atomic mass is 10.1. The molecule has 0 saturated heterocycles. The predicted molar refractivity (Wildman–Crippen MR) is 113 cm³/mol. The van der Waals surface area contributed by atoms with Crippen LogP contribution in [0.5, 0.6) is 0 Å². The molecule has 1 aromatic carbocycles. The van der Waals surface area contributed by atoms with Crippen molar-refractivity contribution in [3.8, 4) is 0 Å². The van der Waals surface area contributed by atoms with E-state index in [4.69, 9.17) is 21.1 Å². The second-order valence-corrected chi connectivity index (χ2v) is 7.78. The molecule has 2 N–H and O–H groups in total. The van der Waals surface area contributed by atoms with Gasteiger partial charge < -0.3 is 20.1 Å². The Balaban J connectivity index is 2.04. The first kappa shape index (κ1) is 23.2. The molecule has 0 bridgehead atoms. The van der Waals surface area contributed by atoms with Gasteiger partial charge in [0, 0.05) is 18.3 Å². The smallest absolute Gasteiger partial charge is 0.408 e. The molecule has 2 rings (SSSR count). The molecule has 0 saturated carbocycles. The highest BCUT2D eigenvalue weighted by molar-refractivity contribution is 6.33. The van der Waals surface area contributed by atoms with Gasteiger partial charge in [-0.2, -0.15) is 0 Å². The average molecular weight is 434 g/mol. The zero-order chi connectivity index (χ0) is 22.3. The van der Waals surface area contributed by atoms with Crippen LogP contribution in [0.25, 0.3) is 0 Å². The van der Waals surface area contributed by atoms with Crippen molar-refractivity contribution >= 4 is 35.3 Å². The van der Waals surface area contributed by atoms with Crippen molar-refractivity contribution in [2.24, 2.45) is 0 Å². The third kappa shape index (κ3) is 7.04. The van der Waals surface area contributed by atoms with E-state index in [1.54, 1.807) is 57.2 Å². The lowest BCUT2D eigenvalue weighted by molar-refractivity contribution is -0.143. The number of rotatable bonds is 6. The Morgan fingerprint density at radius 2 is 1.80 bits per heavy atom. The fourth-order valence-corrected chi connectivity index (χ4v) is 2.70. The molecular formula is C21H24ClN3O5. The minimum Gasteiger partial charge on any atom is -0.467 e. The molecule has 0 spiro atoms. The molecule has 2 amide bonds. The van der Waals surface area contributed by atoms with Gasteiger partial charge in [-0.3, -0.25) is 4.79 Å². The van der Waals surface area contributed by atoms with Crippen molar-refractivity contribution in [2.75, 3.05) is 12.4 Å². The van der Waals surface area contributed by atoms with E-state index >= 15 is 0 Å². The molecule has 1 aromatic heterocycles. The SMILES string of the molecule is COC(=O)[C@H](Cc1ccc(NC(=O)c2cccnc2Cl)cc1)NC(=O)OC(C)(C)C. The number of hydrogen-bond donors (Lipinski definition) is 2. The van der Waals surface area contributed by atoms with Gasteiger partial charge in [0.15, 0.2) is 0 Å². The Morgan fingerprint density at radius 1 is 1.13 bits per heavy atom. The summed E-state index contributed by atoms with van der Waals surface area (Å²) >= 11 is 5.93. The second-order valence-electron chi connectivity index (χ2n) is 7.42. The number of anilines is 1. The lowest BCUT2D eigenvalue weighted by Crippen LogP contribution is -2.45. The van der Waals surface area contributed by atoms with Gasteiger partial charge in [-0.05, 0) is 50.6 Å². The maximum absolute atomic E-state index is 12.3. The van der Waals surface area contributed by atoms with Crippen LogP contribution in [-0.2, 0) is 20.7 Å². The highest BCUT2D eigenvalue weighted by Crippen LogP contribution is 2.16. The van der Waals surface area contributed by atoms with Crippen molar-refractivity contribution < 1.29 is 23.9 Å². The Hall–Kier alpha value is -3.13. The topological polar surface area (TPSA) is 107 Å². The minimum absolute atomic E-state index is 0.112. The van der Waals surface area contributed by atoms with Gasteiger partial charge in [-0.15, -0.1) is 0 Å². The fourth-order valence-electron chi connectivity index (χ4n) is 2.50. The molecule has 0 unspecified atom stereocenters. The Labute approximate surface area is 179 Å². The number of nitrogens with zero attached hydrogens (tertiary/aromatic N) is 1. The van der Waals surface area contributed by atoms with Crippen LogP contribution in [0.2, 0.25) is 5.15 Å². The molecule has 9 heteroatoms. The number of halogens is 1. The largest absolute Gasteiger partial charge is 0.467 e. The first-order chi connectivity index (χ1) is 14.1. The number of carbonyl (C=O) groups excluding carboxylic acids is 3. The van der Waals surface area contributed by atoms with Gasteiger partial charge in [0.25, 0.3) is 5.91 Å². The summed E-state index contributed by atoms with van der Waals surface area (Å²) < 4.78 is 9.96. The summed E-state index contributed by atoms with van der Waals surface area (Å²) in [4.78, 5) is 40.2. The van der Waals surface area contributed by atoms with E-state index in [-0.39, 0.29) is 23.0 Å². The normalized spacial score (nSPS) is 11.9. The maximum Gasteiger partial charge on any atom is 0.408 e. The van der Waals surface area contributed by atoms with Gasteiger partial charge in [0.05, 0.1) is 12.7 Å². The van der Waals surface area contributed by atoms with Crippen LogP contribution in [0, 0.1) is 0 Å². The second kappa shape index (κ2) is 10.1. The number of esters is 1. The lowest BCUT2D eigenvalue weighted by Gasteiger charge is -2.22. The van der Waals surface area contributed by atoms with E-state index in [0.29, 0.717) is 5.69 Å². The summed E-state index contributed by atoms with van der Waals surface area (Å²) in [7, 11) is 1.24. The Kier molecular flexibility index (Phi) is 7.77. The standard InChI is InChI=1S/C21H24ClN3O5/c1-21(2,3)30-20(28)25-16(19(27)29-4)12-13-7-9-14(10-8-13)24-18(26)15-6-5-11-23-17(15)22/h5-11,16H,12H2,1-4H3,(H,24,26)(H,25,28)/t16-/m0/s1. The number of aromatic nitrogens is 1.